The van der Waals surface area contributed by atoms with Gasteiger partial charge in [-0.15, -0.1) is 11.3 Å². The first-order chi connectivity index (χ1) is 5.68. The molecular formula is C8H7ClN2S. The highest BCUT2D eigenvalue weighted by Gasteiger charge is 2.05. The number of anilines is 1. The number of hydrogen-bond donors (Lipinski definition) is 1. The summed E-state index contributed by atoms with van der Waals surface area (Å²) in [4.78, 5) is 4.29. The second-order valence-corrected chi connectivity index (χ2v) is 4.15. The van der Waals surface area contributed by atoms with Crippen LogP contribution >= 0.6 is 22.9 Å². The van der Waals surface area contributed by atoms with Gasteiger partial charge in [-0.1, -0.05) is 11.6 Å². The van der Waals surface area contributed by atoms with E-state index in [-0.39, 0.29) is 0 Å². The van der Waals surface area contributed by atoms with Crippen molar-refractivity contribution in [1.82, 2.24) is 4.98 Å². The third-order valence-electron chi connectivity index (χ3n) is 1.65. The molecule has 0 atom stereocenters. The van der Waals surface area contributed by atoms with E-state index in [4.69, 9.17) is 17.3 Å². The van der Waals surface area contributed by atoms with Crippen LogP contribution in [-0.4, -0.2) is 4.98 Å². The first-order valence-electron chi connectivity index (χ1n) is 3.49. The SMILES string of the molecule is Cc1nc2ccc(Cl)c(N)c2s1. The second-order valence-electron chi connectivity index (χ2n) is 2.54. The van der Waals surface area contributed by atoms with E-state index in [9.17, 15) is 0 Å². The Balaban J connectivity index is 2.89. The van der Waals surface area contributed by atoms with E-state index in [1.165, 1.54) is 0 Å². The van der Waals surface area contributed by atoms with Gasteiger partial charge in [0.25, 0.3) is 0 Å². The lowest BCUT2D eigenvalue weighted by molar-refractivity contribution is 1.35. The first-order valence-corrected chi connectivity index (χ1v) is 4.69. The molecule has 0 amide bonds. The van der Waals surface area contributed by atoms with Crippen molar-refractivity contribution in [3.63, 3.8) is 0 Å². The van der Waals surface area contributed by atoms with E-state index in [0.717, 1.165) is 15.2 Å². The molecule has 0 aliphatic rings. The van der Waals surface area contributed by atoms with Crippen molar-refractivity contribution in [2.24, 2.45) is 0 Å². The largest absolute Gasteiger partial charge is 0.396 e. The summed E-state index contributed by atoms with van der Waals surface area (Å²) in [5, 5.41) is 1.62. The summed E-state index contributed by atoms with van der Waals surface area (Å²) in [6, 6.07) is 3.66. The topological polar surface area (TPSA) is 38.9 Å². The van der Waals surface area contributed by atoms with Crippen LogP contribution in [0.2, 0.25) is 5.02 Å². The van der Waals surface area contributed by atoms with Crippen LogP contribution in [0.4, 0.5) is 5.69 Å². The van der Waals surface area contributed by atoms with Crippen LogP contribution in [-0.2, 0) is 0 Å². The Morgan fingerprint density at radius 1 is 1.50 bits per heavy atom. The summed E-state index contributed by atoms with van der Waals surface area (Å²) in [5.41, 5.74) is 7.34. The Labute approximate surface area is 79.0 Å². The molecule has 62 valence electrons. The van der Waals surface area contributed by atoms with Gasteiger partial charge in [0.05, 0.1) is 25.9 Å². The fraction of sp³-hybridized carbons (Fsp3) is 0.125. The molecule has 0 saturated heterocycles. The number of hydrogen-bond acceptors (Lipinski definition) is 3. The highest BCUT2D eigenvalue weighted by atomic mass is 35.5. The zero-order valence-corrected chi connectivity index (χ0v) is 8.04. The molecule has 12 heavy (non-hydrogen) atoms. The number of nitrogens with two attached hydrogens (primary N) is 1. The first kappa shape index (κ1) is 7.83. The molecule has 1 aromatic heterocycles. The summed E-state index contributed by atoms with van der Waals surface area (Å²) >= 11 is 7.42. The molecule has 0 saturated carbocycles. The van der Waals surface area contributed by atoms with E-state index >= 15 is 0 Å². The number of thiazole rings is 1. The monoisotopic (exact) mass is 198 g/mol. The Kier molecular flexibility index (Phi) is 1.70. The fourth-order valence-electron chi connectivity index (χ4n) is 1.10. The number of rotatable bonds is 0. The van der Waals surface area contributed by atoms with E-state index in [0.29, 0.717) is 10.7 Å². The Hall–Kier alpha value is -0.800. The highest BCUT2D eigenvalue weighted by molar-refractivity contribution is 7.19. The summed E-state index contributed by atoms with van der Waals surface area (Å²) in [6.07, 6.45) is 0. The molecule has 0 radical (unpaired) electrons. The Morgan fingerprint density at radius 3 is 3.00 bits per heavy atom. The van der Waals surface area contributed by atoms with Crippen LogP contribution in [0.1, 0.15) is 5.01 Å². The highest BCUT2D eigenvalue weighted by Crippen LogP contribution is 2.32. The minimum Gasteiger partial charge on any atom is -0.396 e. The third-order valence-corrected chi connectivity index (χ3v) is 3.00. The van der Waals surface area contributed by atoms with Gasteiger partial charge in [0.1, 0.15) is 0 Å². The zero-order valence-electron chi connectivity index (χ0n) is 6.47. The van der Waals surface area contributed by atoms with Crippen molar-refractivity contribution in [2.45, 2.75) is 6.92 Å². The van der Waals surface area contributed by atoms with Gasteiger partial charge in [0, 0.05) is 0 Å². The minimum absolute atomic E-state index is 0.603. The Bertz CT molecular complexity index is 436. The fourth-order valence-corrected chi connectivity index (χ4v) is 2.19. The number of aromatic nitrogens is 1. The summed E-state index contributed by atoms with van der Waals surface area (Å²) < 4.78 is 0.986. The molecule has 1 heterocycles. The molecule has 2 aromatic rings. The van der Waals surface area contributed by atoms with Crippen molar-refractivity contribution in [3.8, 4) is 0 Å². The molecule has 2 nitrogen and oxygen atoms in total. The van der Waals surface area contributed by atoms with Gasteiger partial charge >= 0.3 is 0 Å². The lowest BCUT2D eigenvalue weighted by Gasteiger charge is -1.96. The van der Waals surface area contributed by atoms with Gasteiger partial charge in [-0.2, -0.15) is 0 Å². The maximum Gasteiger partial charge on any atom is 0.0908 e. The normalized spacial score (nSPS) is 10.8. The molecule has 0 aliphatic heterocycles. The molecular weight excluding hydrogens is 192 g/mol. The van der Waals surface area contributed by atoms with Crippen LogP contribution in [0.25, 0.3) is 10.2 Å². The van der Waals surface area contributed by atoms with Crippen molar-refractivity contribution in [1.29, 1.82) is 0 Å². The molecule has 0 fully saturated rings. The van der Waals surface area contributed by atoms with Crippen LogP contribution in [0.3, 0.4) is 0 Å². The van der Waals surface area contributed by atoms with Gasteiger partial charge in [0.15, 0.2) is 0 Å². The van der Waals surface area contributed by atoms with Gasteiger partial charge in [-0.3, -0.25) is 0 Å². The molecule has 0 bridgehead atoms. The standard InChI is InChI=1S/C8H7ClN2S/c1-4-11-6-3-2-5(9)7(10)8(6)12-4/h2-3H,10H2,1H3. The smallest absolute Gasteiger partial charge is 0.0908 e. The number of aryl methyl sites for hydroxylation is 1. The van der Waals surface area contributed by atoms with E-state index in [2.05, 4.69) is 4.98 Å². The minimum atomic E-state index is 0.603. The molecule has 1 aromatic carbocycles. The van der Waals surface area contributed by atoms with Crippen molar-refractivity contribution in [3.05, 3.63) is 22.2 Å². The van der Waals surface area contributed by atoms with Crippen LogP contribution in [0.5, 0.6) is 0 Å². The third kappa shape index (κ3) is 1.06. The average molecular weight is 199 g/mol. The van der Waals surface area contributed by atoms with Gasteiger partial charge in [-0.25, -0.2) is 4.98 Å². The number of halogens is 1. The predicted molar refractivity (Wildman–Crippen MR) is 53.8 cm³/mol. The number of fused-ring (bicyclic) bond motifs is 1. The molecule has 0 unspecified atom stereocenters. The van der Waals surface area contributed by atoms with E-state index in [1.54, 1.807) is 17.4 Å². The Morgan fingerprint density at radius 2 is 2.25 bits per heavy atom. The predicted octanol–water partition coefficient (Wildman–Crippen LogP) is 2.84. The van der Waals surface area contributed by atoms with Gasteiger partial charge in [0.2, 0.25) is 0 Å². The van der Waals surface area contributed by atoms with E-state index < -0.39 is 0 Å². The number of nitrogen functional groups attached to an aromatic ring is 1. The molecule has 0 aliphatic carbocycles. The molecule has 4 heteroatoms. The summed E-state index contributed by atoms with van der Waals surface area (Å²) in [5.74, 6) is 0. The van der Waals surface area contributed by atoms with Crippen molar-refractivity contribution in [2.75, 3.05) is 5.73 Å². The molecule has 0 spiro atoms. The van der Waals surface area contributed by atoms with E-state index in [1.807, 2.05) is 13.0 Å². The summed E-state index contributed by atoms with van der Waals surface area (Å²) in [6.45, 7) is 1.96. The second kappa shape index (κ2) is 2.61. The quantitative estimate of drug-likeness (QED) is 0.662. The van der Waals surface area contributed by atoms with Gasteiger partial charge < -0.3 is 5.73 Å². The lowest BCUT2D eigenvalue weighted by Crippen LogP contribution is -1.85. The number of nitrogens with zero attached hydrogens (tertiary/aromatic N) is 1. The number of benzene rings is 1. The van der Waals surface area contributed by atoms with Crippen LogP contribution in [0, 0.1) is 6.92 Å². The lowest BCUT2D eigenvalue weighted by atomic mass is 10.3. The summed E-state index contributed by atoms with van der Waals surface area (Å²) in [7, 11) is 0. The maximum absolute atomic E-state index is 5.85. The molecule has 2 rings (SSSR count). The van der Waals surface area contributed by atoms with Crippen molar-refractivity contribution < 1.29 is 0 Å². The van der Waals surface area contributed by atoms with Gasteiger partial charge in [-0.05, 0) is 19.1 Å². The van der Waals surface area contributed by atoms with Crippen LogP contribution in [0.15, 0.2) is 12.1 Å². The van der Waals surface area contributed by atoms with Crippen LogP contribution < -0.4 is 5.73 Å². The maximum atomic E-state index is 5.85. The zero-order chi connectivity index (χ0) is 8.72. The van der Waals surface area contributed by atoms with Crippen molar-refractivity contribution >= 4 is 38.8 Å². The molecule has 2 N–H and O–H groups in total. The average Bonchev–Trinajstić information content (AvgIpc) is 2.39.